The lowest BCUT2D eigenvalue weighted by Gasteiger charge is -2.04. The van der Waals surface area contributed by atoms with E-state index in [1.54, 1.807) is 6.26 Å². The van der Waals surface area contributed by atoms with Gasteiger partial charge in [-0.25, -0.2) is 0 Å². The Morgan fingerprint density at radius 3 is 3.33 bits per heavy atom. The Labute approximate surface area is 52.9 Å². The molecule has 2 aliphatic rings. The lowest BCUT2D eigenvalue weighted by atomic mass is 10.2. The zero-order valence-corrected chi connectivity index (χ0v) is 5.07. The van der Waals surface area contributed by atoms with E-state index in [-0.39, 0.29) is 12.2 Å². The van der Waals surface area contributed by atoms with Gasteiger partial charge in [0.2, 0.25) is 0 Å². The molecule has 2 atom stereocenters. The van der Waals surface area contributed by atoms with E-state index in [4.69, 9.17) is 9.57 Å². The van der Waals surface area contributed by atoms with Crippen LogP contribution in [0.5, 0.6) is 0 Å². The van der Waals surface area contributed by atoms with Gasteiger partial charge in [0.05, 0.1) is 12.0 Å². The topological polar surface area (TPSA) is 30.8 Å². The van der Waals surface area contributed by atoms with Crippen LogP contribution in [0.2, 0.25) is 0 Å². The highest BCUT2D eigenvalue weighted by atomic mass is 16.7. The first-order chi connectivity index (χ1) is 4.38. The lowest BCUT2D eigenvalue weighted by Crippen LogP contribution is -2.23. The van der Waals surface area contributed by atoms with E-state index in [1.165, 1.54) is 0 Å². The molecule has 0 aliphatic carbocycles. The largest absolute Gasteiger partial charge is 0.488 e. The predicted octanol–water partition coefficient (Wildman–Crippen LogP) is 0.674. The van der Waals surface area contributed by atoms with Crippen LogP contribution in [0.15, 0.2) is 17.5 Å². The van der Waals surface area contributed by atoms with Crippen LogP contribution in [0.4, 0.5) is 0 Å². The Balaban J connectivity index is 2.22. The average molecular weight is 125 g/mol. The van der Waals surface area contributed by atoms with Crippen molar-refractivity contribution in [3.05, 3.63) is 12.3 Å². The van der Waals surface area contributed by atoms with Gasteiger partial charge in [0.25, 0.3) is 0 Å². The lowest BCUT2D eigenvalue weighted by molar-refractivity contribution is 0.0677. The van der Waals surface area contributed by atoms with Crippen LogP contribution in [0.1, 0.15) is 6.92 Å². The maximum Gasteiger partial charge on any atom is 0.191 e. The minimum absolute atomic E-state index is 0.0463. The van der Waals surface area contributed by atoms with Crippen molar-refractivity contribution in [2.24, 2.45) is 5.16 Å². The van der Waals surface area contributed by atoms with E-state index in [2.05, 4.69) is 5.16 Å². The second kappa shape index (κ2) is 1.50. The smallest absolute Gasteiger partial charge is 0.191 e. The first kappa shape index (κ1) is 4.85. The first-order valence-electron chi connectivity index (χ1n) is 2.90. The summed E-state index contributed by atoms with van der Waals surface area (Å²) < 4.78 is 5.15. The Bertz CT molecular complexity index is 185. The van der Waals surface area contributed by atoms with Crippen LogP contribution in [0, 0.1) is 0 Å². The Kier molecular flexibility index (Phi) is 0.806. The molecule has 0 radical (unpaired) electrons. The highest BCUT2D eigenvalue weighted by Gasteiger charge is 2.34. The summed E-state index contributed by atoms with van der Waals surface area (Å²) in [5.41, 5.74) is 0.921. The average Bonchev–Trinajstić information content (AvgIpc) is 2.35. The molecule has 9 heavy (non-hydrogen) atoms. The fourth-order valence-corrected chi connectivity index (χ4v) is 1.01. The maximum atomic E-state index is 5.15. The highest BCUT2D eigenvalue weighted by molar-refractivity contribution is 5.88. The van der Waals surface area contributed by atoms with E-state index in [0.29, 0.717) is 0 Å². The van der Waals surface area contributed by atoms with Crippen LogP contribution in [-0.2, 0) is 9.57 Å². The third-order valence-electron chi connectivity index (χ3n) is 1.52. The summed E-state index contributed by atoms with van der Waals surface area (Å²) in [6.07, 6.45) is 3.63. The van der Waals surface area contributed by atoms with Gasteiger partial charge in [-0.1, -0.05) is 5.16 Å². The highest BCUT2D eigenvalue weighted by Crippen LogP contribution is 2.20. The second-order valence-corrected chi connectivity index (χ2v) is 2.19. The molecule has 48 valence electrons. The minimum Gasteiger partial charge on any atom is -0.488 e. The van der Waals surface area contributed by atoms with Crippen LogP contribution >= 0.6 is 0 Å². The van der Waals surface area contributed by atoms with Gasteiger partial charge in [-0.15, -0.1) is 0 Å². The number of fused-ring (bicyclic) bond motifs is 1. The van der Waals surface area contributed by atoms with Gasteiger partial charge in [-0.2, -0.15) is 0 Å². The molecule has 2 heterocycles. The van der Waals surface area contributed by atoms with Gasteiger partial charge < -0.3 is 9.57 Å². The summed E-state index contributed by atoms with van der Waals surface area (Å²) in [5, 5.41) is 3.76. The fraction of sp³-hybridized carbons (Fsp3) is 0.500. The molecule has 2 aliphatic heterocycles. The van der Waals surface area contributed by atoms with Crippen LogP contribution in [0.3, 0.4) is 0 Å². The molecule has 2 rings (SSSR count). The molecule has 3 nitrogen and oxygen atoms in total. The van der Waals surface area contributed by atoms with Gasteiger partial charge in [-0.05, 0) is 13.0 Å². The summed E-state index contributed by atoms with van der Waals surface area (Å²) in [6.45, 7) is 1.90. The third-order valence-corrected chi connectivity index (χ3v) is 1.52. The third kappa shape index (κ3) is 0.542. The Hall–Kier alpha value is -0.990. The van der Waals surface area contributed by atoms with Crippen molar-refractivity contribution in [1.82, 2.24) is 0 Å². The zero-order valence-electron chi connectivity index (χ0n) is 5.07. The molecule has 0 aromatic carbocycles. The molecule has 0 amide bonds. The van der Waals surface area contributed by atoms with Gasteiger partial charge in [0, 0.05) is 0 Å². The summed E-state index contributed by atoms with van der Waals surface area (Å²) in [5.74, 6) is 0. The Morgan fingerprint density at radius 2 is 2.56 bits per heavy atom. The molecule has 0 aromatic rings. The van der Waals surface area contributed by atoms with Crippen molar-refractivity contribution in [2.45, 2.75) is 19.1 Å². The molecule has 0 saturated carbocycles. The van der Waals surface area contributed by atoms with Crippen molar-refractivity contribution in [2.75, 3.05) is 0 Å². The summed E-state index contributed by atoms with van der Waals surface area (Å²) in [6, 6.07) is 0. The summed E-state index contributed by atoms with van der Waals surface area (Å²) in [7, 11) is 0. The van der Waals surface area contributed by atoms with E-state index in [1.807, 2.05) is 13.0 Å². The normalized spacial score (nSPS) is 37.2. The van der Waals surface area contributed by atoms with Crippen molar-refractivity contribution in [3.63, 3.8) is 0 Å². The van der Waals surface area contributed by atoms with E-state index in [9.17, 15) is 0 Å². The Morgan fingerprint density at radius 1 is 1.67 bits per heavy atom. The van der Waals surface area contributed by atoms with Crippen LogP contribution < -0.4 is 0 Å². The first-order valence-corrected chi connectivity index (χ1v) is 2.90. The number of oxime groups is 1. The zero-order chi connectivity index (χ0) is 6.27. The predicted molar refractivity (Wildman–Crippen MR) is 32.0 cm³/mol. The van der Waals surface area contributed by atoms with Crippen LogP contribution in [0.25, 0.3) is 0 Å². The monoisotopic (exact) mass is 125 g/mol. The molecule has 0 saturated heterocycles. The number of hydrogen-bond donors (Lipinski definition) is 0. The van der Waals surface area contributed by atoms with Gasteiger partial charge in [0.15, 0.2) is 12.2 Å². The van der Waals surface area contributed by atoms with E-state index < -0.39 is 0 Å². The van der Waals surface area contributed by atoms with Crippen molar-refractivity contribution < 1.29 is 9.57 Å². The molecule has 0 unspecified atom stereocenters. The quantitative estimate of drug-likeness (QED) is 0.476. The standard InChI is InChI=1S/C6H7NO2/c1-4-6-5(9-7-4)2-3-8-6/h2-3,5-6H,1H3/t5-,6-/m0/s1. The van der Waals surface area contributed by atoms with Crippen molar-refractivity contribution >= 4 is 5.71 Å². The molecule has 0 N–H and O–H groups in total. The summed E-state index contributed by atoms with van der Waals surface area (Å²) in [4.78, 5) is 4.97. The molecule has 0 bridgehead atoms. The maximum absolute atomic E-state index is 5.15. The molecule has 0 spiro atoms. The summed E-state index contributed by atoms with van der Waals surface area (Å²) >= 11 is 0. The molecule has 0 aromatic heterocycles. The van der Waals surface area contributed by atoms with Crippen molar-refractivity contribution in [1.29, 1.82) is 0 Å². The second-order valence-electron chi connectivity index (χ2n) is 2.19. The number of rotatable bonds is 0. The number of nitrogens with zero attached hydrogens (tertiary/aromatic N) is 1. The molecular weight excluding hydrogens is 118 g/mol. The number of hydrogen-bond acceptors (Lipinski definition) is 3. The number of ether oxygens (including phenoxy) is 1. The fourth-order valence-electron chi connectivity index (χ4n) is 1.01. The SMILES string of the molecule is CC1=NO[C@H]2C=CO[C@@H]12. The molecular formula is C6H7NO2. The molecule has 3 heteroatoms. The van der Waals surface area contributed by atoms with Crippen LogP contribution in [-0.4, -0.2) is 17.9 Å². The minimum atomic E-state index is 0.0463. The van der Waals surface area contributed by atoms with E-state index in [0.717, 1.165) is 5.71 Å². The van der Waals surface area contributed by atoms with Gasteiger partial charge >= 0.3 is 0 Å². The van der Waals surface area contributed by atoms with Gasteiger partial charge in [-0.3, -0.25) is 0 Å². The van der Waals surface area contributed by atoms with Gasteiger partial charge in [0.1, 0.15) is 0 Å². The van der Waals surface area contributed by atoms with E-state index >= 15 is 0 Å². The van der Waals surface area contributed by atoms with Crippen molar-refractivity contribution in [3.8, 4) is 0 Å². The molecule has 0 fully saturated rings.